The lowest BCUT2D eigenvalue weighted by Crippen LogP contribution is -2.23. The van der Waals surface area contributed by atoms with Crippen molar-refractivity contribution in [3.63, 3.8) is 0 Å². The molecule has 2 heterocycles. The molecule has 2 aromatic heterocycles. The Hall–Kier alpha value is -2.93. The molecular formula is C19H15FN4OS. The highest BCUT2D eigenvalue weighted by atomic mass is 32.2. The van der Waals surface area contributed by atoms with Crippen LogP contribution in [0.3, 0.4) is 0 Å². The van der Waals surface area contributed by atoms with Crippen LogP contribution in [0, 0.1) is 5.82 Å². The van der Waals surface area contributed by atoms with Gasteiger partial charge in [-0.1, -0.05) is 30.0 Å². The zero-order valence-corrected chi connectivity index (χ0v) is 14.8. The van der Waals surface area contributed by atoms with Gasteiger partial charge in [0.2, 0.25) is 0 Å². The molecule has 5 nitrogen and oxygen atoms in total. The van der Waals surface area contributed by atoms with Gasteiger partial charge in [-0.05, 0) is 30.3 Å². The quantitative estimate of drug-likeness (QED) is 0.555. The van der Waals surface area contributed by atoms with Crippen LogP contribution in [0.15, 0.2) is 75.5 Å². The van der Waals surface area contributed by atoms with Crippen LogP contribution in [0.1, 0.15) is 5.69 Å². The third-order valence-corrected chi connectivity index (χ3v) is 5.03. The molecule has 7 heteroatoms. The van der Waals surface area contributed by atoms with Gasteiger partial charge in [0.15, 0.2) is 0 Å². The van der Waals surface area contributed by atoms with E-state index in [1.807, 2.05) is 36.4 Å². The van der Waals surface area contributed by atoms with Gasteiger partial charge in [-0.15, -0.1) is 0 Å². The molecule has 0 amide bonds. The van der Waals surface area contributed by atoms with Crippen molar-refractivity contribution in [1.82, 2.24) is 19.6 Å². The van der Waals surface area contributed by atoms with Gasteiger partial charge >= 0.3 is 0 Å². The zero-order chi connectivity index (χ0) is 18.1. The third kappa shape index (κ3) is 3.13. The van der Waals surface area contributed by atoms with E-state index in [1.54, 1.807) is 30.1 Å². The molecule has 130 valence electrons. The lowest BCUT2D eigenvalue weighted by atomic mass is 10.2. The Morgan fingerprint density at radius 3 is 2.62 bits per heavy atom. The second-order valence-corrected chi connectivity index (χ2v) is 6.96. The number of fused-ring (bicyclic) bond motifs is 1. The summed E-state index contributed by atoms with van der Waals surface area (Å²) in [4.78, 5) is 14.1. The summed E-state index contributed by atoms with van der Waals surface area (Å²) in [7, 11) is 1.81. The van der Waals surface area contributed by atoms with Crippen LogP contribution in [0.5, 0.6) is 0 Å². The first-order valence-electron chi connectivity index (χ1n) is 8.01. The average molecular weight is 366 g/mol. The van der Waals surface area contributed by atoms with E-state index in [-0.39, 0.29) is 17.5 Å². The molecule has 0 atom stereocenters. The molecule has 2 aromatic carbocycles. The van der Waals surface area contributed by atoms with E-state index in [0.717, 1.165) is 10.6 Å². The summed E-state index contributed by atoms with van der Waals surface area (Å²) in [5, 5.41) is 8.91. The number of benzene rings is 2. The molecular weight excluding hydrogens is 351 g/mol. The predicted octanol–water partition coefficient (Wildman–Crippen LogP) is 3.47. The molecule has 0 radical (unpaired) electrons. The fraction of sp³-hybridized carbons (Fsp3) is 0.105. The molecule has 0 aliphatic rings. The Labute approximate surface area is 153 Å². The smallest absolute Gasteiger partial charge is 0.275 e. The van der Waals surface area contributed by atoms with E-state index in [0.29, 0.717) is 10.3 Å². The van der Waals surface area contributed by atoms with Crippen molar-refractivity contribution in [3.8, 4) is 0 Å². The Bertz CT molecular complexity index is 1140. The fourth-order valence-electron chi connectivity index (χ4n) is 2.71. The fourth-order valence-corrected chi connectivity index (χ4v) is 3.60. The van der Waals surface area contributed by atoms with Gasteiger partial charge in [0.05, 0.1) is 23.8 Å². The summed E-state index contributed by atoms with van der Waals surface area (Å²) >= 11 is 1.32. The zero-order valence-electron chi connectivity index (χ0n) is 14.0. The molecule has 4 aromatic rings. The van der Waals surface area contributed by atoms with E-state index in [4.69, 9.17) is 0 Å². The Kier molecular flexibility index (Phi) is 4.30. The van der Waals surface area contributed by atoms with Crippen molar-refractivity contribution in [2.45, 2.75) is 16.3 Å². The first-order chi connectivity index (χ1) is 12.6. The molecule has 0 N–H and O–H groups in total. The van der Waals surface area contributed by atoms with Crippen LogP contribution >= 0.6 is 11.8 Å². The highest BCUT2D eigenvalue weighted by molar-refractivity contribution is 7.99. The van der Waals surface area contributed by atoms with Gasteiger partial charge in [0.1, 0.15) is 5.82 Å². The first-order valence-corrected chi connectivity index (χ1v) is 8.83. The highest BCUT2D eigenvalue weighted by Crippen LogP contribution is 2.32. The molecule has 26 heavy (non-hydrogen) atoms. The molecule has 0 fully saturated rings. The lowest BCUT2D eigenvalue weighted by Gasteiger charge is -2.08. The lowest BCUT2D eigenvalue weighted by molar-refractivity contribution is 0.602. The minimum atomic E-state index is -0.425. The topological polar surface area (TPSA) is 52.7 Å². The number of nitrogens with zero attached hydrogens (tertiary/aromatic N) is 4. The second-order valence-electron chi connectivity index (χ2n) is 5.84. The number of aryl methyl sites for hydroxylation is 1. The molecule has 0 saturated carbocycles. The maximum Gasteiger partial charge on any atom is 0.275 e. The number of hydrogen-bond donors (Lipinski definition) is 0. The largest absolute Gasteiger partial charge is 0.275 e. The number of rotatable bonds is 4. The summed E-state index contributed by atoms with van der Waals surface area (Å²) < 4.78 is 17.8. The summed E-state index contributed by atoms with van der Waals surface area (Å²) in [5.74, 6) is -0.425. The molecule has 0 spiro atoms. The monoisotopic (exact) mass is 366 g/mol. The van der Waals surface area contributed by atoms with E-state index in [9.17, 15) is 9.18 Å². The van der Waals surface area contributed by atoms with Gasteiger partial charge in [-0.2, -0.15) is 10.2 Å². The van der Waals surface area contributed by atoms with E-state index in [2.05, 4.69) is 10.2 Å². The van der Waals surface area contributed by atoms with Crippen molar-refractivity contribution in [3.05, 3.63) is 82.8 Å². The summed E-state index contributed by atoms with van der Waals surface area (Å²) in [5.41, 5.74) is 0.390. The minimum absolute atomic E-state index is 0.230. The van der Waals surface area contributed by atoms with Gasteiger partial charge < -0.3 is 0 Å². The van der Waals surface area contributed by atoms with Crippen molar-refractivity contribution in [2.75, 3.05) is 0 Å². The maximum absolute atomic E-state index is 14.9. The minimum Gasteiger partial charge on any atom is -0.275 e. The van der Waals surface area contributed by atoms with E-state index in [1.165, 1.54) is 22.6 Å². The summed E-state index contributed by atoms with van der Waals surface area (Å²) in [6.45, 7) is 0.248. The van der Waals surface area contributed by atoms with Crippen molar-refractivity contribution < 1.29 is 4.39 Å². The molecule has 4 rings (SSSR count). The highest BCUT2D eigenvalue weighted by Gasteiger charge is 2.13. The Morgan fingerprint density at radius 2 is 1.88 bits per heavy atom. The number of halogens is 1. The van der Waals surface area contributed by atoms with E-state index >= 15 is 0 Å². The third-order valence-electron chi connectivity index (χ3n) is 3.99. The van der Waals surface area contributed by atoms with Crippen LogP contribution in [-0.4, -0.2) is 19.6 Å². The van der Waals surface area contributed by atoms with Gasteiger partial charge in [-0.25, -0.2) is 9.07 Å². The molecule has 0 bridgehead atoms. The Balaban J connectivity index is 1.72. The number of hydrogen-bond acceptors (Lipinski definition) is 4. The standard InChI is InChI=1S/C19H15FN4OS/c1-23-10-9-13(22-23)12-24-19(25)15-7-8-17(18(20)16(15)11-21-24)26-14-5-3-2-4-6-14/h2-11H,12H2,1H3. The Morgan fingerprint density at radius 1 is 1.08 bits per heavy atom. The predicted molar refractivity (Wildman–Crippen MR) is 98.8 cm³/mol. The van der Waals surface area contributed by atoms with Crippen molar-refractivity contribution in [1.29, 1.82) is 0 Å². The van der Waals surface area contributed by atoms with Gasteiger partial charge in [-0.3, -0.25) is 9.48 Å². The number of aromatic nitrogens is 4. The van der Waals surface area contributed by atoms with Gasteiger partial charge in [0, 0.05) is 28.4 Å². The molecule has 0 saturated heterocycles. The second kappa shape index (κ2) is 6.76. The molecule has 0 unspecified atom stereocenters. The van der Waals surface area contributed by atoms with Crippen molar-refractivity contribution >= 4 is 22.5 Å². The van der Waals surface area contributed by atoms with Gasteiger partial charge in [0.25, 0.3) is 5.56 Å². The molecule has 0 aliphatic carbocycles. The maximum atomic E-state index is 14.9. The summed E-state index contributed by atoms with van der Waals surface area (Å²) in [6.07, 6.45) is 3.21. The van der Waals surface area contributed by atoms with Crippen molar-refractivity contribution in [2.24, 2.45) is 7.05 Å². The summed E-state index contributed by atoms with van der Waals surface area (Å²) in [6, 6.07) is 14.7. The van der Waals surface area contributed by atoms with Crippen LogP contribution < -0.4 is 5.56 Å². The van der Waals surface area contributed by atoms with Crippen LogP contribution in [0.25, 0.3) is 10.8 Å². The SMILES string of the molecule is Cn1ccc(Cn2ncc3c(F)c(Sc4ccccc4)ccc3c2=O)n1. The van der Waals surface area contributed by atoms with Crippen LogP contribution in [-0.2, 0) is 13.6 Å². The van der Waals surface area contributed by atoms with E-state index < -0.39 is 5.82 Å². The molecule has 0 aliphatic heterocycles. The normalized spacial score (nSPS) is 11.2. The average Bonchev–Trinajstić information content (AvgIpc) is 3.06. The first kappa shape index (κ1) is 16.5. The van der Waals surface area contributed by atoms with Crippen LogP contribution in [0.2, 0.25) is 0 Å². The van der Waals surface area contributed by atoms with Crippen LogP contribution in [0.4, 0.5) is 4.39 Å².